The molecule has 1 unspecified atom stereocenters. The van der Waals surface area contributed by atoms with Crippen LogP contribution in [0, 0.1) is 0 Å². The third-order valence-corrected chi connectivity index (χ3v) is 3.75. The van der Waals surface area contributed by atoms with Crippen LogP contribution in [-0.4, -0.2) is 55.6 Å². The van der Waals surface area contributed by atoms with E-state index in [1.807, 2.05) is 24.3 Å². The van der Waals surface area contributed by atoms with Gasteiger partial charge >= 0.3 is 0 Å². The molecule has 6 heteroatoms. The smallest absolute Gasteiger partial charge is 0.157 e. The fourth-order valence-electron chi connectivity index (χ4n) is 2.29. The van der Waals surface area contributed by atoms with Gasteiger partial charge in [-0.15, -0.1) is 0 Å². The number of aliphatic hydroxyl groups excluding tert-OH is 2. The van der Waals surface area contributed by atoms with Gasteiger partial charge in [0.05, 0.1) is 26.9 Å². The van der Waals surface area contributed by atoms with Crippen LogP contribution in [0.5, 0.6) is 5.75 Å². The number of methoxy groups -OCH3 is 1. The number of benzene rings is 1. The lowest BCUT2D eigenvalue weighted by atomic mass is 10.2. The van der Waals surface area contributed by atoms with Crippen LogP contribution in [0.3, 0.4) is 0 Å². The number of hydrogen-bond acceptors (Lipinski definition) is 6. The Morgan fingerprint density at radius 2 is 1.87 bits per heavy atom. The molecular weight excluding hydrogens is 300 g/mol. The lowest BCUT2D eigenvalue weighted by Gasteiger charge is -2.25. The molecule has 0 saturated carbocycles. The summed E-state index contributed by atoms with van der Waals surface area (Å²) in [5.74, 6) is 0.784. The molecule has 0 bridgehead atoms. The number of hydrogen-bond donors (Lipinski definition) is 2. The van der Waals surface area contributed by atoms with E-state index < -0.39 is 12.2 Å². The molecule has 1 fully saturated rings. The van der Waals surface area contributed by atoms with Gasteiger partial charge < -0.3 is 29.2 Å². The van der Waals surface area contributed by atoms with Crippen LogP contribution in [0.4, 0.5) is 0 Å². The van der Waals surface area contributed by atoms with E-state index in [0.29, 0.717) is 13.2 Å². The Morgan fingerprint density at radius 3 is 2.52 bits per heavy atom. The minimum absolute atomic E-state index is 0.0394. The first-order valence-corrected chi connectivity index (χ1v) is 7.99. The summed E-state index contributed by atoms with van der Waals surface area (Å²) >= 11 is 0. The van der Waals surface area contributed by atoms with Crippen molar-refractivity contribution in [2.45, 2.75) is 44.4 Å². The zero-order chi connectivity index (χ0) is 16.5. The molecule has 130 valence electrons. The van der Waals surface area contributed by atoms with E-state index in [0.717, 1.165) is 30.6 Å². The Hall–Kier alpha value is -1.18. The quantitative estimate of drug-likeness (QED) is 0.716. The summed E-state index contributed by atoms with van der Waals surface area (Å²) in [7, 11) is 1.61. The second-order valence-corrected chi connectivity index (χ2v) is 5.63. The van der Waals surface area contributed by atoms with Crippen molar-refractivity contribution in [3.63, 3.8) is 0 Å². The van der Waals surface area contributed by atoms with Gasteiger partial charge in [-0.3, -0.25) is 0 Å². The van der Waals surface area contributed by atoms with Gasteiger partial charge in [0, 0.05) is 6.61 Å². The molecule has 1 heterocycles. The zero-order valence-electron chi connectivity index (χ0n) is 13.5. The largest absolute Gasteiger partial charge is 0.497 e. The van der Waals surface area contributed by atoms with Crippen LogP contribution in [0.25, 0.3) is 0 Å². The van der Waals surface area contributed by atoms with E-state index in [1.54, 1.807) is 7.11 Å². The van der Waals surface area contributed by atoms with Gasteiger partial charge in [-0.25, -0.2) is 0 Å². The first-order valence-electron chi connectivity index (χ1n) is 7.99. The molecule has 3 atom stereocenters. The monoisotopic (exact) mass is 326 g/mol. The Labute approximate surface area is 136 Å². The van der Waals surface area contributed by atoms with Crippen molar-refractivity contribution in [1.82, 2.24) is 0 Å². The van der Waals surface area contributed by atoms with Gasteiger partial charge in [-0.05, 0) is 37.0 Å². The molecular formula is C17H26O6. The standard InChI is InChI=1S/C17H26O6/c1-20-14-7-5-13(6-8-14)10-21-11-15(18)16(19)12-23-17-4-2-3-9-22-17/h5-8,15-19H,2-4,9-12H2,1H3/t15-,16+,17?/m0/s1. The van der Waals surface area contributed by atoms with E-state index in [1.165, 1.54) is 0 Å². The Kier molecular flexibility index (Phi) is 7.78. The number of rotatable bonds is 9. The van der Waals surface area contributed by atoms with E-state index in [9.17, 15) is 10.2 Å². The third-order valence-electron chi connectivity index (χ3n) is 3.75. The molecule has 1 aliphatic heterocycles. The molecule has 1 aliphatic rings. The maximum atomic E-state index is 9.89. The van der Waals surface area contributed by atoms with Crippen LogP contribution < -0.4 is 4.74 Å². The first kappa shape index (κ1) is 18.2. The minimum Gasteiger partial charge on any atom is -0.497 e. The first-order chi connectivity index (χ1) is 11.2. The average molecular weight is 326 g/mol. The van der Waals surface area contributed by atoms with Crippen molar-refractivity contribution in [3.05, 3.63) is 29.8 Å². The van der Waals surface area contributed by atoms with E-state index in [4.69, 9.17) is 18.9 Å². The van der Waals surface area contributed by atoms with Crippen molar-refractivity contribution in [3.8, 4) is 5.75 Å². The topological polar surface area (TPSA) is 77.4 Å². The Bertz CT molecular complexity index is 429. The molecule has 1 aromatic carbocycles. The fourth-order valence-corrected chi connectivity index (χ4v) is 2.29. The van der Waals surface area contributed by atoms with Gasteiger partial charge in [0.15, 0.2) is 6.29 Å². The van der Waals surface area contributed by atoms with E-state index >= 15 is 0 Å². The summed E-state index contributed by atoms with van der Waals surface area (Å²) in [5.41, 5.74) is 0.972. The highest BCUT2D eigenvalue weighted by Crippen LogP contribution is 2.15. The maximum Gasteiger partial charge on any atom is 0.157 e. The Morgan fingerprint density at radius 1 is 1.13 bits per heavy atom. The lowest BCUT2D eigenvalue weighted by molar-refractivity contribution is -0.185. The molecule has 2 rings (SSSR count). The molecule has 6 nitrogen and oxygen atoms in total. The highest BCUT2D eigenvalue weighted by molar-refractivity contribution is 5.26. The van der Waals surface area contributed by atoms with E-state index in [-0.39, 0.29) is 19.5 Å². The molecule has 0 spiro atoms. The van der Waals surface area contributed by atoms with Crippen LogP contribution in [0.1, 0.15) is 24.8 Å². The SMILES string of the molecule is COc1ccc(COC[C@H](O)[C@H](O)COC2CCCCO2)cc1. The summed E-state index contributed by atoms with van der Waals surface area (Å²) in [5, 5.41) is 19.8. The van der Waals surface area contributed by atoms with Crippen molar-refractivity contribution < 1.29 is 29.2 Å². The molecule has 0 radical (unpaired) electrons. The predicted molar refractivity (Wildman–Crippen MR) is 84.2 cm³/mol. The molecule has 1 aromatic rings. The van der Waals surface area contributed by atoms with Crippen molar-refractivity contribution in [2.75, 3.05) is 26.9 Å². The van der Waals surface area contributed by atoms with Crippen LogP contribution in [-0.2, 0) is 20.8 Å². The van der Waals surface area contributed by atoms with E-state index in [2.05, 4.69) is 0 Å². The number of ether oxygens (including phenoxy) is 4. The van der Waals surface area contributed by atoms with Crippen LogP contribution in [0.2, 0.25) is 0 Å². The molecule has 0 amide bonds. The normalized spacial score (nSPS) is 20.9. The van der Waals surface area contributed by atoms with Crippen LogP contribution in [0.15, 0.2) is 24.3 Å². The average Bonchev–Trinajstić information content (AvgIpc) is 2.61. The van der Waals surface area contributed by atoms with Crippen molar-refractivity contribution >= 4 is 0 Å². The molecule has 0 aliphatic carbocycles. The predicted octanol–water partition coefficient (Wildman–Crippen LogP) is 1.48. The van der Waals surface area contributed by atoms with Crippen molar-refractivity contribution in [1.29, 1.82) is 0 Å². The van der Waals surface area contributed by atoms with Gasteiger partial charge in [-0.1, -0.05) is 12.1 Å². The number of aliphatic hydroxyl groups is 2. The summed E-state index contributed by atoms with van der Waals surface area (Å²) in [4.78, 5) is 0. The second-order valence-electron chi connectivity index (χ2n) is 5.63. The Balaban J connectivity index is 1.61. The van der Waals surface area contributed by atoms with Gasteiger partial charge in [0.2, 0.25) is 0 Å². The fraction of sp³-hybridized carbons (Fsp3) is 0.647. The van der Waals surface area contributed by atoms with Gasteiger partial charge in [-0.2, -0.15) is 0 Å². The minimum atomic E-state index is -0.989. The summed E-state index contributed by atoms with van der Waals surface area (Å²) in [6, 6.07) is 7.49. The molecule has 23 heavy (non-hydrogen) atoms. The summed E-state index contributed by atoms with van der Waals surface area (Å²) in [6.45, 7) is 1.13. The lowest BCUT2D eigenvalue weighted by Crippen LogP contribution is -2.36. The van der Waals surface area contributed by atoms with Crippen LogP contribution >= 0.6 is 0 Å². The summed E-state index contributed by atoms with van der Waals surface area (Å²) in [6.07, 6.45) is 0.689. The van der Waals surface area contributed by atoms with Crippen molar-refractivity contribution in [2.24, 2.45) is 0 Å². The molecule has 1 saturated heterocycles. The summed E-state index contributed by atoms with van der Waals surface area (Å²) < 4.78 is 21.4. The van der Waals surface area contributed by atoms with Gasteiger partial charge in [0.1, 0.15) is 18.0 Å². The van der Waals surface area contributed by atoms with Gasteiger partial charge in [0.25, 0.3) is 0 Å². The second kappa shape index (κ2) is 9.85. The maximum absolute atomic E-state index is 9.89. The zero-order valence-corrected chi connectivity index (χ0v) is 13.5. The molecule has 0 aromatic heterocycles. The molecule has 2 N–H and O–H groups in total. The highest BCUT2D eigenvalue weighted by Gasteiger charge is 2.20. The highest BCUT2D eigenvalue weighted by atomic mass is 16.7. The third kappa shape index (κ3) is 6.45.